The second-order valence-electron chi connectivity index (χ2n) is 8.19. The summed E-state index contributed by atoms with van der Waals surface area (Å²) in [4.78, 5) is 2.41. The van der Waals surface area contributed by atoms with Crippen molar-refractivity contribution in [2.75, 3.05) is 4.90 Å². The van der Waals surface area contributed by atoms with E-state index in [4.69, 9.17) is 4.42 Å². The van der Waals surface area contributed by atoms with Crippen LogP contribution in [-0.4, -0.2) is 0 Å². The van der Waals surface area contributed by atoms with Gasteiger partial charge in [-0.15, -0.1) is 0 Å². The Morgan fingerprint density at radius 3 is 2.47 bits per heavy atom. The largest absolute Gasteiger partial charge is 0.398 e. The molecule has 0 saturated heterocycles. The highest BCUT2D eigenvalue weighted by atomic mass is 16.4. The highest BCUT2D eigenvalue weighted by Gasteiger charge is 2.26. The molecule has 0 spiro atoms. The zero-order chi connectivity index (χ0) is 22.5. The highest BCUT2D eigenvalue weighted by molar-refractivity contribution is 5.96. The van der Waals surface area contributed by atoms with E-state index >= 15 is 0 Å². The van der Waals surface area contributed by atoms with Gasteiger partial charge in [-0.2, -0.15) is 4.57 Å². The van der Waals surface area contributed by atoms with Crippen LogP contribution in [0.25, 0.3) is 17.7 Å². The van der Waals surface area contributed by atoms with Gasteiger partial charge in [0.1, 0.15) is 7.05 Å². The van der Waals surface area contributed by atoms with Crippen molar-refractivity contribution in [1.82, 2.24) is 0 Å². The third-order valence-corrected chi connectivity index (χ3v) is 6.03. The fraction of sp³-hybridized carbons (Fsp3) is 0.276. The number of fused-ring (bicyclic) bond motifs is 1. The molecule has 0 radical (unpaired) electrons. The van der Waals surface area contributed by atoms with Gasteiger partial charge in [0.05, 0.1) is 11.8 Å². The normalized spacial score (nSPS) is 14.8. The molecule has 3 aromatic rings. The first-order valence-electron chi connectivity index (χ1n) is 11.7. The summed E-state index contributed by atoms with van der Waals surface area (Å²) in [5.74, 6) is 1.81. The number of hydrogen-bond acceptors (Lipinski definition) is 2. The van der Waals surface area contributed by atoms with Crippen molar-refractivity contribution < 1.29 is 8.98 Å². The Bertz CT molecular complexity index is 1170. The maximum Gasteiger partial charge on any atom is 0.374 e. The van der Waals surface area contributed by atoms with Crippen LogP contribution < -0.4 is 9.47 Å². The van der Waals surface area contributed by atoms with E-state index in [-0.39, 0.29) is 0 Å². The number of unbranched alkanes of at least 4 members (excludes halogenated alkanes) is 1. The molecule has 1 aromatic heterocycles. The Balaban J connectivity index is 1.88. The Morgan fingerprint density at radius 1 is 1.00 bits per heavy atom. The van der Waals surface area contributed by atoms with E-state index < -0.39 is 0 Å². The predicted octanol–water partition coefficient (Wildman–Crippen LogP) is 7.47. The van der Waals surface area contributed by atoms with Crippen LogP contribution in [0.3, 0.4) is 0 Å². The predicted molar refractivity (Wildman–Crippen MR) is 134 cm³/mol. The first-order chi connectivity index (χ1) is 15.7. The van der Waals surface area contributed by atoms with Gasteiger partial charge in [0, 0.05) is 23.4 Å². The van der Waals surface area contributed by atoms with Crippen LogP contribution in [0.2, 0.25) is 0 Å². The summed E-state index contributed by atoms with van der Waals surface area (Å²) in [5, 5.41) is 0. The summed E-state index contributed by atoms with van der Waals surface area (Å²) in [6.45, 7) is 6.45. The molecule has 0 aliphatic carbocycles. The SMILES string of the molecule is C/C=C\c1oc(/C=C2\C=C(CCCC)N(c3ccccc3)c3ccccc32)[n+](C)c1CC. The number of nitrogens with zero attached hydrogens (tertiary/aromatic N) is 2. The van der Waals surface area contributed by atoms with Gasteiger partial charge in [0.15, 0.2) is 5.76 Å². The van der Waals surface area contributed by atoms with E-state index in [1.807, 2.05) is 13.0 Å². The zero-order valence-corrected chi connectivity index (χ0v) is 19.6. The molecule has 0 fully saturated rings. The molecule has 1 aliphatic heterocycles. The fourth-order valence-electron chi connectivity index (χ4n) is 4.42. The smallest absolute Gasteiger partial charge is 0.374 e. The van der Waals surface area contributed by atoms with E-state index in [1.54, 1.807) is 0 Å². The molecule has 0 bridgehead atoms. The quantitative estimate of drug-likeness (QED) is 0.366. The average molecular weight is 426 g/mol. The van der Waals surface area contributed by atoms with Gasteiger partial charge in [-0.1, -0.05) is 62.7 Å². The van der Waals surface area contributed by atoms with Crippen LogP contribution in [-0.2, 0) is 13.5 Å². The molecule has 1 aliphatic rings. The second-order valence-corrected chi connectivity index (χ2v) is 8.19. The molecule has 4 rings (SSSR count). The number of aromatic nitrogens is 1. The number of oxazole rings is 1. The maximum absolute atomic E-state index is 6.28. The lowest BCUT2D eigenvalue weighted by Gasteiger charge is -2.33. The van der Waals surface area contributed by atoms with Gasteiger partial charge < -0.3 is 9.32 Å². The van der Waals surface area contributed by atoms with Gasteiger partial charge in [-0.3, -0.25) is 0 Å². The molecule has 2 heterocycles. The molecule has 0 atom stereocenters. The van der Waals surface area contributed by atoms with Gasteiger partial charge in [-0.05, 0) is 55.7 Å². The van der Waals surface area contributed by atoms with E-state index in [9.17, 15) is 0 Å². The Hall–Kier alpha value is -3.33. The van der Waals surface area contributed by atoms with Crippen molar-refractivity contribution in [3.05, 3.63) is 95.4 Å². The van der Waals surface area contributed by atoms with Crippen LogP contribution >= 0.6 is 0 Å². The highest BCUT2D eigenvalue weighted by Crippen LogP contribution is 2.42. The third-order valence-electron chi connectivity index (χ3n) is 6.03. The minimum absolute atomic E-state index is 0.874. The summed E-state index contributed by atoms with van der Waals surface area (Å²) in [7, 11) is 2.09. The van der Waals surface area contributed by atoms with Crippen molar-refractivity contribution in [2.24, 2.45) is 7.05 Å². The van der Waals surface area contributed by atoms with Crippen LogP contribution in [0.15, 0.2) is 76.9 Å². The third kappa shape index (κ3) is 4.20. The molecule has 2 aromatic carbocycles. The number of allylic oxidation sites excluding steroid dienone is 4. The Kier molecular flexibility index (Phi) is 6.75. The minimum Gasteiger partial charge on any atom is -0.398 e. The van der Waals surface area contributed by atoms with E-state index in [1.165, 1.54) is 40.3 Å². The lowest BCUT2D eigenvalue weighted by atomic mass is 9.94. The summed E-state index contributed by atoms with van der Waals surface area (Å²) in [5.41, 5.74) is 7.36. The molecular formula is C29H33N2O+. The summed E-state index contributed by atoms with van der Waals surface area (Å²) >= 11 is 0. The summed E-state index contributed by atoms with van der Waals surface area (Å²) in [6, 6.07) is 19.3. The summed E-state index contributed by atoms with van der Waals surface area (Å²) in [6.07, 6.45) is 12.9. The molecular weight excluding hydrogens is 392 g/mol. The minimum atomic E-state index is 0.874. The number of benzene rings is 2. The molecule has 0 N–H and O–H groups in total. The maximum atomic E-state index is 6.28. The number of para-hydroxylation sites is 2. The first-order valence-corrected chi connectivity index (χ1v) is 11.7. The second kappa shape index (κ2) is 9.86. The molecule has 164 valence electrons. The number of anilines is 2. The lowest BCUT2D eigenvalue weighted by molar-refractivity contribution is -0.683. The lowest BCUT2D eigenvalue weighted by Crippen LogP contribution is -2.33. The zero-order valence-electron chi connectivity index (χ0n) is 19.6. The molecule has 0 saturated carbocycles. The van der Waals surface area contributed by atoms with Crippen molar-refractivity contribution >= 4 is 29.1 Å². The molecule has 32 heavy (non-hydrogen) atoms. The standard InChI is InChI=1S/C29H33N2O/c1-5-8-15-24-20-22(21-29-30(4)26(7-3)28(32-29)14-6-2)25-18-12-13-19-27(25)31(24)23-16-10-9-11-17-23/h6,9-14,16-21H,5,7-8,15H2,1-4H3/q+1/b14-6-. The van der Waals surface area contributed by atoms with Gasteiger partial charge in [0.25, 0.3) is 0 Å². The van der Waals surface area contributed by atoms with E-state index in [0.29, 0.717) is 0 Å². The van der Waals surface area contributed by atoms with Gasteiger partial charge >= 0.3 is 5.89 Å². The van der Waals surface area contributed by atoms with Crippen molar-refractivity contribution in [2.45, 2.75) is 46.5 Å². The van der Waals surface area contributed by atoms with Gasteiger partial charge in [-0.25, -0.2) is 0 Å². The molecule has 0 unspecified atom stereocenters. The van der Waals surface area contributed by atoms with Crippen molar-refractivity contribution in [1.29, 1.82) is 0 Å². The molecule has 3 heteroatoms. The Labute approximate surface area is 192 Å². The first kappa shape index (κ1) is 21.9. The molecule has 0 amide bonds. The van der Waals surface area contributed by atoms with Crippen LogP contribution in [0.5, 0.6) is 0 Å². The number of hydrogen-bond donors (Lipinski definition) is 0. The van der Waals surface area contributed by atoms with Gasteiger partial charge in [0.2, 0.25) is 5.69 Å². The Morgan fingerprint density at radius 2 is 1.75 bits per heavy atom. The summed E-state index contributed by atoms with van der Waals surface area (Å²) < 4.78 is 8.45. The number of rotatable bonds is 7. The van der Waals surface area contributed by atoms with Crippen molar-refractivity contribution in [3.8, 4) is 0 Å². The average Bonchev–Trinajstić information content (AvgIpc) is 3.12. The fourth-order valence-corrected chi connectivity index (χ4v) is 4.42. The van der Waals surface area contributed by atoms with Crippen molar-refractivity contribution in [3.63, 3.8) is 0 Å². The van der Waals surface area contributed by atoms with E-state index in [2.05, 4.69) is 103 Å². The van der Waals surface area contributed by atoms with E-state index in [0.717, 1.165) is 30.9 Å². The van der Waals surface area contributed by atoms with Crippen LogP contribution in [0.4, 0.5) is 11.4 Å². The molecule has 3 nitrogen and oxygen atoms in total. The monoisotopic (exact) mass is 425 g/mol. The topological polar surface area (TPSA) is 20.3 Å². The van der Waals surface area contributed by atoms with Crippen LogP contribution in [0.1, 0.15) is 62.9 Å². The van der Waals surface area contributed by atoms with Crippen LogP contribution in [0, 0.1) is 0 Å².